The molecule has 2 aliphatic rings. The third-order valence-electron chi connectivity index (χ3n) is 9.46. The first kappa shape index (κ1) is 16.4. The maximum absolute atomic E-state index is 2.61. The molecular formula is C20H38. The van der Waals surface area contributed by atoms with E-state index in [1.54, 1.807) is 0 Å². The Bertz CT molecular complexity index is 387. The minimum Gasteiger partial charge on any atom is -0.0622 e. The van der Waals surface area contributed by atoms with Gasteiger partial charge in [-0.1, -0.05) is 69.2 Å². The minimum absolute atomic E-state index is 0.360. The summed E-state index contributed by atoms with van der Waals surface area (Å²) < 4.78 is 0. The zero-order chi connectivity index (χ0) is 15.7. The van der Waals surface area contributed by atoms with Crippen LogP contribution in [0.15, 0.2) is 0 Å². The summed E-state index contributed by atoms with van der Waals surface area (Å²) in [7, 11) is 0. The topological polar surface area (TPSA) is 0 Å². The van der Waals surface area contributed by atoms with Gasteiger partial charge in [0.1, 0.15) is 0 Å². The normalized spacial score (nSPS) is 48.9. The summed E-state index contributed by atoms with van der Waals surface area (Å²) in [6.45, 7) is 25.3. The van der Waals surface area contributed by atoms with Crippen molar-refractivity contribution >= 4 is 0 Å². The van der Waals surface area contributed by atoms with Crippen molar-refractivity contribution in [2.45, 2.75) is 82.1 Å². The van der Waals surface area contributed by atoms with Crippen molar-refractivity contribution in [3.8, 4) is 0 Å². The predicted octanol–water partition coefficient (Wildman–Crippen LogP) is 6.40. The van der Waals surface area contributed by atoms with E-state index in [0.717, 1.165) is 23.7 Å². The second-order valence-corrected chi connectivity index (χ2v) is 10.1. The van der Waals surface area contributed by atoms with Crippen LogP contribution in [0.3, 0.4) is 0 Å². The highest BCUT2D eigenvalue weighted by atomic mass is 14.7. The van der Waals surface area contributed by atoms with Crippen LogP contribution in [0.4, 0.5) is 0 Å². The van der Waals surface area contributed by atoms with Gasteiger partial charge in [-0.15, -0.1) is 0 Å². The Labute approximate surface area is 128 Å². The molecule has 0 aliphatic heterocycles. The Morgan fingerprint density at radius 2 is 1.20 bits per heavy atom. The molecular weight excluding hydrogens is 240 g/mol. The number of hydrogen-bond donors (Lipinski definition) is 0. The van der Waals surface area contributed by atoms with E-state index in [-0.39, 0.29) is 0 Å². The SMILES string of the molecule is CC1CC1CC1(C)C(C)C(C)C(C)(C)C(C)(C)C1(C)C. The minimum atomic E-state index is 0.360. The van der Waals surface area contributed by atoms with E-state index in [2.05, 4.69) is 69.2 Å². The molecule has 20 heavy (non-hydrogen) atoms. The van der Waals surface area contributed by atoms with Crippen LogP contribution in [0.2, 0.25) is 0 Å². The summed E-state index contributed by atoms with van der Waals surface area (Å²) in [5.41, 5.74) is 1.59. The Balaban J connectivity index is 2.46. The zero-order valence-electron chi connectivity index (χ0n) is 15.7. The summed E-state index contributed by atoms with van der Waals surface area (Å²) in [5, 5.41) is 0. The highest BCUT2D eigenvalue weighted by Crippen LogP contribution is 2.72. The molecule has 2 fully saturated rings. The highest BCUT2D eigenvalue weighted by Gasteiger charge is 2.65. The fourth-order valence-corrected chi connectivity index (χ4v) is 5.50. The Kier molecular flexibility index (Phi) is 3.49. The highest BCUT2D eigenvalue weighted by molar-refractivity contribution is 5.13. The smallest absolute Gasteiger partial charge is 0.0238 e. The molecule has 0 spiro atoms. The molecule has 0 aromatic heterocycles. The van der Waals surface area contributed by atoms with Gasteiger partial charge in [0, 0.05) is 0 Å². The second-order valence-electron chi connectivity index (χ2n) is 10.1. The van der Waals surface area contributed by atoms with Crippen molar-refractivity contribution < 1.29 is 0 Å². The largest absolute Gasteiger partial charge is 0.0622 e. The van der Waals surface area contributed by atoms with Gasteiger partial charge in [0.15, 0.2) is 0 Å². The summed E-state index contributed by atoms with van der Waals surface area (Å²) >= 11 is 0. The zero-order valence-corrected chi connectivity index (χ0v) is 15.7. The van der Waals surface area contributed by atoms with E-state index in [4.69, 9.17) is 0 Å². The van der Waals surface area contributed by atoms with E-state index in [0.29, 0.717) is 21.7 Å². The Hall–Kier alpha value is 0. The molecule has 0 N–H and O–H groups in total. The maximum Gasteiger partial charge on any atom is -0.0238 e. The molecule has 5 atom stereocenters. The van der Waals surface area contributed by atoms with Gasteiger partial charge in [0.05, 0.1) is 0 Å². The van der Waals surface area contributed by atoms with Crippen molar-refractivity contribution in [2.75, 3.05) is 0 Å². The molecule has 2 aliphatic carbocycles. The molecule has 0 bridgehead atoms. The van der Waals surface area contributed by atoms with Gasteiger partial charge >= 0.3 is 0 Å². The predicted molar refractivity (Wildman–Crippen MR) is 89.7 cm³/mol. The van der Waals surface area contributed by atoms with Crippen molar-refractivity contribution in [3.63, 3.8) is 0 Å². The molecule has 5 unspecified atom stereocenters. The van der Waals surface area contributed by atoms with Crippen LogP contribution in [0.1, 0.15) is 82.1 Å². The molecule has 0 aromatic rings. The second kappa shape index (κ2) is 4.26. The van der Waals surface area contributed by atoms with E-state index in [9.17, 15) is 0 Å². The molecule has 2 rings (SSSR count). The lowest BCUT2D eigenvalue weighted by Gasteiger charge is -2.70. The van der Waals surface area contributed by atoms with Gasteiger partial charge in [-0.2, -0.15) is 0 Å². The van der Waals surface area contributed by atoms with Crippen LogP contribution >= 0.6 is 0 Å². The van der Waals surface area contributed by atoms with Crippen LogP contribution in [-0.4, -0.2) is 0 Å². The number of rotatable bonds is 2. The lowest BCUT2D eigenvalue weighted by Crippen LogP contribution is -2.63. The third kappa shape index (κ3) is 1.78. The van der Waals surface area contributed by atoms with Gasteiger partial charge in [-0.3, -0.25) is 0 Å². The van der Waals surface area contributed by atoms with Crippen LogP contribution in [0.5, 0.6) is 0 Å². The summed E-state index contributed by atoms with van der Waals surface area (Å²) in [5.74, 6) is 3.55. The van der Waals surface area contributed by atoms with E-state index < -0.39 is 0 Å². The standard InChI is InChI=1S/C20H38/c1-13-11-16(13)12-20(10)15(3)14(2)17(4,5)18(6,7)19(20,8)9/h13-16H,11-12H2,1-10H3. The summed E-state index contributed by atoms with van der Waals surface area (Å²) in [6, 6.07) is 0. The lowest BCUT2D eigenvalue weighted by atomic mass is 9.35. The monoisotopic (exact) mass is 278 g/mol. The quantitative estimate of drug-likeness (QED) is 0.548. The van der Waals surface area contributed by atoms with Crippen LogP contribution in [-0.2, 0) is 0 Å². The van der Waals surface area contributed by atoms with Gasteiger partial charge < -0.3 is 0 Å². The van der Waals surface area contributed by atoms with Crippen LogP contribution < -0.4 is 0 Å². The first-order valence-corrected chi connectivity index (χ1v) is 8.80. The first-order chi connectivity index (χ1) is 8.80. The fraction of sp³-hybridized carbons (Fsp3) is 1.00. The summed E-state index contributed by atoms with van der Waals surface area (Å²) in [6.07, 6.45) is 2.91. The van der Waals surface area contributed by atoms with Crippen LogP contribution in [0.25, 0.3) is 0 Å². The Morgan fingerprint density at radius 1 is 0.750 bits per heavy atom. The number of hydrogen-bond acceptors (Lipinski definition) is 0. The molecule has 2 saturated carbocycles. The first-order valence-electron chi connectivity index (χ1n) is 8.80. The molecule has 0 nitrogen and oxygen atoms in total. The van der Waals surface area contributed by atoms with Crippen molar-refractivity contribution in [1.29, 1.82) is 0 Å². The average molecular weight is 279 g/mol. The molecule has 0 amide bonds. The van der Waals surface area contributed by atoms with Gasteiger partial charge in [-0.05, 0) is 58.2 Å². The molecule has 0 saturated heterocycles. The van der Waals surface area contributed by atoms with E-state index in [1.165, 1.54) is 12.8 Å². The molecule has 0 heterocycles. The third-order valence-corrected chi connectivity index (χ3v) is 9.46. The lowest BCUT2D eigenvalue weighted by molar-refractivity contribution is -0.215. The van der Waals surface area contributed by atoms with Gasteiger partial charge in [0.25, 0.3) is 0 Å². The van der Waals surface area contributed by atoms with Crippen LogP contribution in [0, 0.1) is 45.3 Å². The van der Waals surface area contributed by atoms with E-state index >= 15 is 0 Å². The van der Waals surface area contributed by atoms with Gasteiger partial charge in [0.2, 0.25) is 0 Å². The molecule has 0 heteroatoms. The molecule has 0 radical (unpaired) electrons. The average Bonchev–Trinajstić information content (AvgIpc) is 3.00. The molecule has 0 aromatic carbocycles. The van der Waals surface area contributed by atoms with Crippen molar-refractivity contribution in [3.05, 3.63) is 0 Å². The van der Waals surface area contributed by atoms with Crippen molar-refractivity contribution in [1.82, 2.24) is 0 Å². The summed E-state index contributed by atoms with van der Waals surface area (Å²) in [4.78, 5) is 0. The molecule has 118 valence electrons. The Morgan fingerprint density at radius 3 is 1.60 bits per heavy atom. The van der Waals surface area contributed by atoms with Crippen molar-refractivity contribution in [2.24, 2.45) is 45.3 Å². The van der Waals surface area contributed by atoms with Gasteiger partial charge in [-0.25, -0.2) is 0 Å². The fourth-order valence-electron chi connectivity index (χ4n) is 5.50. The van der Waals surface area contributed by atoms with E-state index in [1.807, 2.05) is 0 Å². The maximum atomic E-state index is 2.61.